The zero-order valence-corrected chi connectivity index (χ0v) is 12.2. The Kier molecular flexibility index (Phi) is 4.57. The lowest BCUT2D eigenvalue weighted by molar-refractivity contribution is 0.101. The van der Waals surface area contributed by atoms with E-state index in [-0.39, 0.29) is 10.7 Å². The molecule has 0 saturated heterocycles. The fourth-order valence-corrected chi connectivity index (χ4v) is 3.75. The largest absolute Gasteiger partial charge is 0.391 e. The van der Waals surface area contributed by atoms with Gasteiger partial charge in [-0.15, -0.1) is 0 Å². The van der Waals surface area contributed by atoms with Gasteiger partial charge in [-0.3, -0.25) is 4.79 Å². The summed E-state index contributed by atoms with van der Waals surface area (Å²) in [7, 11) is -3.71. The second kappa shape index (κ2) is 6.03. The molecule has 0 bridgehead atoms. The molecule has 0 amide bonds. The van der Waals surface area contributed by atoms with Crippen LogP contribution in [-0.4, -0.2) is 31.5 Å². The summed E-state index contributed by atoms with van der Waals surface area (Å²) in [6, 6.07) is 5.48. The van der Waals surface area contributed by atoms with E-state index in [1.807, 2.05) is 0 Å². The number of hydrogen-bond acceptors (Lipinski definition) is 4. The molecular weight excluding hydrogens is 278 g/mol. The number of nitrogens with one attached hydrogen (secondary N) is 1. The maximum absolute atomic E-state index is 12.3. The smallest absolute Gasteiger partial charge is 0.240 e. The second-order valence-electron chi connectivity index (χ2n) is 5.16. The number of benzene rings is 1. The number of sulfonamides is 1. The van der Waals surface area contributed by atoms with E-state index in [1.54, 1.807) is 12.1 Å². The Morgan fingerprint density at radius 3 is 2.65 bits per heavy atom. The monoisotopic (exact) mass is 297 g/mol. The predicted molar refractivity (Wildman–Crippen MR) is 75.0 cm³/mol. The van der Waals surface area contributed by atoms with Crippen LogP contribution >= 0.6 is 0 Å². The number of Topliss-reactive ketones (excluding diaryl/α,β-unsaturated/α-hetero) is 1. The van der Waals surface area contributed by atoms with Crippen molar-refractivity contribution in [3.05, 3.63) is 29.8 Å². The molecule has 0 spiro atoms. The number of hydrogen-bond donors (Lipinski definition) is 2. The molecule has 6 heteroatoms. The van der Waals surface area contributed by atoms with E-state index in [1.165, 1.54) is 19.1 Å². The molecule has 1 fully saturated rings. The maximum Gasteiger partial charge on any atom is 0.240 e. The van der Waals surface area contributed by atoms with Crippen molar-refractivity contribution in [2.45, 2.75) is 49.6 Å². The molecule has 5 nitrogen and oxygen atoms in total. The summed E-state index contributed by atoms with van der Waals surface area (Å²) in [4.78, 5) is 11.4. The number of aliphatic hydroxyl groups excluding tert-OH is 1. The summed E-state index contributed by atoms with van der Waals surface area (Å²) < 4.78 is 27.1. The van der Waals surface area contributed by atoms with Crippen LogP contribution in [0.4, 0.5) is 0 Å². The Morgan fingerprint density at radius 1 is 1.30 bits per heavy atom. The molecule has 0 aliphatic heterocycles. The van der Waals surface area contributed by atoms with Crippen LogP contribution in [0.1, 0.15) is 43.0 Å². The van der Waals surface area contributed by atoms with Crippen LogP contribution in [0.5, 0.6) is 0 Å². The number of ketones is 1. The van der Waals surface area contributed by atoms with Crippen molar-refractivity contribution >= 4 is 15.8 Å². The Hall–Kier alpha value is -1.24. The molecule has 1 aromatic rings. The van der Waals surface area contributed by atoms with Gasteiger partial charge in [0.15, 0.2) is 5.78 Å². The summed E-state index contributed by atoms with van der Waals surface area (Å²) >= 11 is 0. The van der Waals surface area contributed by atoms with Crippen LogP contribution in [0, 0.1) is 0 Å². The summed E-state index contributed by atoms with van der Waals surface area (Å²) in [5.41, 5.74) is 0.358. The molecule has 0 heterocycles. The lowest BCUT2D eigenvalue weighted by Crippen LogP contribution is -2.44. The van der Waals surface area contributed by atoms with Crippen molar-refractivity contribution < 1.29 is 18.3 Å². The summed E-state index contributed by atoms with van der Waals surface area (Å²) in [5, 5.41) is 9.84. The highest BCUT2D eigenvalue weighted by Gasteiger charge is 2.28. The van der Waals surface area contributed by atoms with Crippen molar-refractivity contribution in [1.82, 2.24) is 4.72 Å². The van der Waals surface area contributed by atoms with Crippen LogP contribution in [-0.2, 0) is 10.0 Å². The topological polar surface area (TPSA) is 83.5 Å². The normalized spacial score (nSPS) is 23.5. The average Bonchev–Trinajstić information content (AvgIpc) is 2.41. The summed E-state index contributed by atoms with van der Waals surface area (Å²) in [6.45, 7) is 1.39. The second-order valence-corrected chi connectivity index (χ2v) is 6.88. The highest BCUT2D eigenvalue weighted by molar-refractivity contribution is 7.89. The third-order valence-electron chi connectivity index (χ3n) is 3.59. The van der Waals surface area contributed by atoms with Gasteiger partial charge in [0.2, 0.25) is 10.0 Å². The molecular formula is C14H19NO4S. The van der Waals surface area contributed by atoms with E-state index in [0.29, 0.717) is 18.4 Å². The highest BCUT2D eigenvalue weighted by atomic mass is 32.2. The van der Waals surface area contributed by atoms with Crippen LogP contribution in [0.3, 0.4) is 0 Å². The van der Waals surface area contributed by atoms with Gasteiger partial charge in [-0.2, -0.15) is 0 Å². The van der Waals surface area contributed by atoms with Gasteiger partial charge >= 0.3 is 0 Å². The zero-order chi connectivity index (χ0) is 14.8. The quantitative estimate of drug-likeness (QED) is 0.824. The molecule has 2 N–H and O–H groups in total. The SMILES string of the molecule is CC(=O)c1cccc(S(=O)(=O)N[C@H]2CCCC[C@@H]2O)c1. The fraction of sp³-hybridized carbons (Fsp3) is 0.500. The lowest BCUT2D eigenvalue weighted by Gasteiger charge is -2.28. The van der Waals surface area contributed by atoms with Gasteiger partial charge in [0, 0.05) is 11.6 Å². The van der Waals surface area contributed by atoms with Crippen LogP contribution < -0.4 is 4.72 Å². The molecule has 0 unspecified atom stereocenters. The fourth-order valence-electron chi connectivity index (χ4n) is 2.40. The van der Waals surface area contributed by atoms with Crippen molar-refractivity contribution in [3.8, 4) is 0 Å². The molecule has 0 aromatic heterocycles. The Bertz CT molecular complexity index is 597. The van der Waals surface area contributed by atoms with Gasteiger partial charge in [0.05, 0.1) is 11.0 Å². The van der Waals surface area contributed by atoms with E-state index in [4.69, 9.17) is 0 Å². The molecule has 110 valence electrons. The van der Waals surface area contributed by atoms with Crippen molar-refractivity contribution in [1.29, 1.82) is 0 Å². The van der Waals surface area contributed by atoms with E-state index in [9.17, 15) is 18.3 Å². The van der Waals surface area contributed by atoms with Crippen LogP contribution in [0.15, 0.2) is 29.2 Å². The van der Waals surface area contributed by atoms with Gasteiger partial charge in [-0.05, 0) is 31.9 Å². The minimum absolute atomic E-state index is 0.0583. The maximum atomic E-state index is 12.3. The van der Waals surface area contributed by atoms with E-state index >= 15 is 0 Å². The van der Waals surface area contributed by atoms with E-state index in [2.05, 4.69) is 4.72 Å². The lowest BCUT2D eigenvalue weighted by atomic mass is 9.93. The highest BCUT2D eigenvalue weighted by Crippen LogP contribution is 2.21. The van der Waals surface area contributed by atoms with Crippen LogP contribution in [0.2, 0.25) is 0 Å². The van der Waals surface area contributed by atoms with Crippen molar-refractivity contribution in [2.75, 3.05) is 0 Å². The third kappa shape index (κ3) is 3.45. The van der Waals surface area contributed by atoms with Gasteiger partial charge in [0.1, 0.15) is 0 Å². The zero-order valence-electron chi connectivity index (χ0n) is 11.4. The Balaban J connectivity index is 2.21. The minimum Gasteiger partial charge on any atom is -0.391 e. The van der Waals surface area contributed by atoms with E-state index in [0.717, 1.165) is 12.8 Å². The van der Waals surface area contributed by atoms with Crippen molar-refractivity contribution in [2.24, 2.45) is 0 Å². The van der Waals surface area contributed by atoms with Gasteiger partial charge in [0.25, 0.3) is 0 Å². The van der Waals surface area contributed by atoms with Gasteiger partial charge < -0.3 is 5.11 Å². The van der Waals surface area contributed by atoms with Crippen molar-refractivity contribution in [3.63, 3.8) is 0 Å². The third-order valence-corrected chi connectivity index (χ3v) is 5.07. The first-order valence-corrected chi connectivity index (χ1v) is 8.20. The molecule has 1 saturated carbocycles. The molecule has 1 aliphatic carbocycles. The minimum atomic E-state index is -3.71. The molecule has 2 rings (SSSR count). The predicted octanol–water partition coefficient (Wildman–Crippen LogP) is 1.47. The van der Waals surface area contributed by atoms with E-state index < -0.39 is 22.2 Å². The number of carbonyl (C=O) groups excluding carboxylic acids is 1. The first-order chi connectivity index (χ1) is 9.40. The average molecular weight is 297 g/mol. The number of carbonyl (C=O) groups is 1. The summed E-state index contributed by atoms with van der Waals surface area (Å²) in [5.74, 6) is -0.181. The molecule has 1 aromatic carbocycles. The number of aliphatic hydroxyl groups is 1. The van der Waals surface area contributed by atoms with Gasteiger partial charge in [-0.1, -0.05) is 25.0 Å². The van der Waals surface area contributed by atoms with Gasteiger partial charge in [-0.25, -0.2) is 13.1 Å². The first kappa shape index (κ1) is 15.2. The summed E-state index contributed by atoms with van der Waals surface area (Å²) in [6.07, 6.45) is 2.42. The Morgan fingerprint density at radius 2 is 2.00 bits per heavy atom. The molecule has 20 heavy (non-hydrogen) atoms. The Labute approximate surface area is 119 Å². The standard InChI is InChI=1S/C14H19NO4S/c1-10(16)11-5-4-6-12(9-11)20(18,19)15-13-7-2-3-8-14(13)17/h4-6,9,13-15,17H,2-3,7-8H2,1H3/t13-,14-/m0/s1. The molecule has 1 aliphatic rings. The van der Waals surface area contributed by atoms with Crippen LogP contribution in [0.25, 0.3) is 0 Å². The molecule has 0 radical (unpaired) electrons. The first-order valence-electron chi connectivity index (χ1n) is 6.71. The number of rotatable bonds is 4. The molecule has 2 atom stereocenters.